The Labute approximate surface area is 102 Å². The average molecular weight is 253 g/mol. The molecule has 3 N–H and O–H groups in total. The Hall–Kier alpha value is -1.52. The predicted molar refractivity (Wildman–Crippen MR) is 68.1 cm³/mol. The molecule has 82 valence electrons. The van der Waals surface area contributed by atoms with Crippen LogP contribution in [0.1, 0.15) is 9.67 Å². The summed E-state index contributed by atoms with van der Waals surface area (Å²) in [5.74, 6) is -0.199. The molecule has 16 heavy (non-hydrogen) atoms. The Morgan fingerprint density at radius 2 is 2.00 bits per heavy atom. The molecular formula is C11H9ClN2OS. The summed E-state index contributed by atoms with van der Waals surface area (Å²) < 4.78 is 0.589. The molecule has 0 aliphatic carbocycles. The number of thiophene rings is 1. The van der Waals surface area contributed by atoms with Gasteiger partial charge < -0.3 is 11.1 Å². The van der Waals surface area contributed by atoms with Crippen LogP contribution in [0.25, 0.3) is 0 Å². The van der Waals surface area contributed by atoms with Gasteiger partial charge in [0.1, 0.15) is 0 Å². The highest BCUT2D eigenvalue weighted by molar-refractivity contribution is 7.18. The molecule has 0 atom stereocenters. The van der Waals surface area contributed by atoms with Crippen LogP contribution in [0.3, 0.4) is 0 Å². The number of nitrogen functional groups attached to an aromatic ring is 1. The van der Waals surface area contributed by atoms with Crippen molar-refractivity contribution in [2.24, 2.45) is 0 Å². The molecule has 2 aromatic rings. The van der Waals surface area contributed by atoms with Crippen molar-refractivity contribution in [3.63, 3.8) is 0 Å². The van der Waals surface area contributed by atoms with Gasteiger partial charge in [-0.15, -0.1) is 11.3 Å². The van der Waals surface area contributed by atoms with Crippen LogP contribution in [0.15, 0.2) is 36.4 Å². The largest absolute Gasteiger partial charge is 0.397 e. The number of halogens is 1. The van der Waals surface area contributed by atoms with Crippen LogP contribution >= 0.6 is 22.9 Å². The van der Waals surface area contributed by atoms with E-state index >= 15 is 0 Å². The molecule has 5 heteroatoms. The highest BCUT2D eigenvalue weighted by atomic mass is 35.5. The molecule has 0 aliphatic heterocycles. The van der Waals surface area contributed by atoms with Crippen molar-refractivity contribution in [2.45, 2.75) is 0 Å². The van der Waals surface area contributed by atoms with Crippen LogP contribution in [-0.2, 0) is 0 Å². The maximum atomic E-state index is 11.8. The van der Waals surface area contributed by atoms with Crippen molar-refractivity contribution < 1.29 is 4.79 Å². The summed E-state index contributed by atoms with van der Waals surface area (Å²) in [6.07, 6.45) is 0. The summed E-state index contributed by atoms with van der Waals surface area (Å²) in [5.41, 5.74) is 6.86. The number of amides is 1. The maximum absolute atomic E-state index is 11.8. The molecule has 2 rings (SSSR count). The van der Waals surface area contributed by atoms with Crippen LogP contribution in [0, 0.1) is 0 Å². The number of nitrogens with two attached hydrogens (primary N) is 1. The van der Waals surface area contributed by atoms with Crippen molar-refractivity contribution in [3.05, 3.63) is 45.6 Å². The summed E-state index contributed by atoms with van der Waals surface area (Å²) in [4.78, 5) is 12.3. The van der Waals surface area contributed by atoms with Gasteiger partial charge >= 0.3 is 0 Å². The minimum Gasteiger partial charge on any atom is -0.397 e. The first-order chi connectivity index (χ1) is 7.66. The molecular weight excluding hydrogens is 244 g/mol. The molecule has 1 aromatic heterocycles. The van der Waals surface area contributed by atoms with Gasteiger partial charge in [0.2, 0.25) is 0 Å². The topological polar surface area (TPSA) is 55.1 Å². The Morgan fingerprint density at radius 3 is 2.62 bits per heavy atom. The zero-order valence-electron chi connectivity index (χ0n) is 8.24. The minimum atomic E-state index is -0.199. The minimum absolute atomic E-state index is 0.199. The van der Waals surface area contributed by atoms with E-state index in [4.69, 9.17) is 17.3 Å². The second-order valence-corrected chi connectivity index (χ2v) is 4.86. The van der Waals surface area contributed by atoms with Gasteiger partial charge in [-0.2, -0.15) is 0 Å². The zero-order chi connectivity index (χ0) is 11.5. The number of para-hydroxylation sites is 2. The predicted octanol–water partition coefficient (Wildman–Crippen LogP) is 3.24. The smallest absolute Gasteiger partial charge is 0.265 e. The molecule has 0 unspecified atom stereocenters. The lowest BCUT2D eigenvalue weighted by atomic mass is 10.2. The molecule has 1 aromatic carbocycles. The molecule has 0 saturated carbocycles. The third-order valence-corrected chi connectivity index (χ3v) is 3.24. The Bertz CT molecular complexity index is 524. The van der Waals surface area contributed by atoms with E-state index in [1.807, 2.05) is 12.1 Å². The Balaban J connectivity index is 2.17. The van der Waals surface area contributed by atoms with Gasteiger partial charge in [0.15, 0.2) is 0 Å². The summed E-state index contributed by atoms with van der Waals surface area (Å²) in [6.45, 7) is 0. The van der Waals surface area contributed by atoms with E-state index in [-0.39, 0.29) is 5.91 Å². The van der Waals surface area contributed by atoms with Crippen molar-refractivity contribution in [3.8, 4) is 0 Å². The third kappa shape index (κ3) is 2.35. The molecule has 0 radical (unpaired) electrons. The van der Waals surface area contributed by atoms with Gasteiger partial charge in [-0.25, -0.2) is 0 Å². The summed E-state index contributed by atoms with van der Waals surface area (Å²) in [7, 11) is 0. The van der Waals surface area contributed by atoms with Crippen molar-refractivity contribution in [1.82, 2.24) is 0 Å². The Kier molecular flexibility index (Phi) is 3.12. The number of rotatable bonds is 2. The number of anilines is 2. The van der Waals surface area contributed by atoms with E-state index in [2.05, 4.69) is 5.32 Å². The van der Waals surface area contributed by atoms with E-state index in [1.165, 1.54) is 11.3 Å². The summed E-state index contributed by atoms with van der Waals surface area (Å²) in [6, 6.07) is 10.5. The molecule has 0 spiro atoms. The fourth-order valence-corrected chi connectivity index (χ4v) is 2.17. The van der Waals surface area contributed by atoms with Crippen LogP contribution in [0.5, 0.6) is 0 Å². The lowest BCUT2D eigenvalue weighted by Gasteiger charge is -2.05. The molecule has 3 nitrogen and oxygen atoms in total. The molecule has 1 heterocycles. The Morgan fingerprint density at radius 1 is 1.25 bits per heavy atom. The lowest BCUT2D eigenvalue weighted by Crippen LogP contribution is -2.11. The number of nitrogens with one attached hydrogen (secondary N) is 1. The number of carbonyl (C=O) groups is 1. The van der Waals surface area contributed by atoms with Crippen LogP contribution in [-0.4, -0.2) is 5.91 Å². The summed E-state index contributed by atoms with van der Waals surface area (Å²) >= 11 is 6.99. The number of carbonyl (C=O) groups excluding carboxylic acids is 1. The quantitative estimate of drug-likeness (QED) is 0.807. The van der Waals surface area contributed by atoms with Crippen molar-refractivity contribution in [1.29, 1.82) is 0 Å². The number of hydrogen-bond acceptors (Lipinski definition) is 3. The van der Waals surface area contributed by atoms with E-state index in [9.17, 15) is 4.79 Å². The second kappa shape index (κ2) is 4.55. The normalized spacial score (nSPS) is 10.1. The standard InChI is InChI=1S/C11H9ClN2OS/c12-10-6-5-9(16-10)11(15)14-8-4-2-1-3-7(8)13/h1-6H,13H2,(H,14,15). The fraction of sp³-hybridized carbons (Fsp3) is 0. The van der Waals surface area contributed by atoms with Crippen molar-refractivity contribution >= 4 is 40.2 Å². The number of benzene rings is 1. The SMILES string of the molecule is Nc1ccccc1NC(=O)c1ccc(Cl)s1. The average Bonchev–Trinajstić information content (AvgIpc) is 2.68. The van der Waals surface area contributed by atoms with E-state index in [0.29, 0.717) is 20.6 Å². The third-order valence-electron chi connectivity index (χ3n) is 2.01. The lowest BCUT2D eigenvalue weighted by molar-refractivity contribution is 0.103. The van der Waals surface area contributed by atoms with Crippen LogP contribution < -0.4 is 11.1 Å². The van der Waals surface area contributed by atoms with Crippen LogP contribution in [0.4, 0.5) is 11.4 Å². The van der Waals surface area contributed by atoms with E-state index < -0.39 is 0 Å². The first kappa shape index (κ1) is 11.0. The fourth-order valence-electron chi connectivity index (χ4n) is 1.23. The van der Waals surface area contributed by atoms with Gasteiger partial charge in [-0.3, -0.25) is 4.79 Å². The molecule has 0 fully saturated rings. The first-order valence-electron chi connectivity index (χ1n) is 4.58. The van der Waals surface area contributed by atoms with Crippen LogP contribution in [0.2, 0.25) is 4.34 Å². The zero-order valence-corrected chi connectivity index (χ0v) is 9.81. The molecule has 0 bridgehead atoms. The van der Waals surface area contributed by atoms with E-state index in [0.717, 1.165) is 0 Å². The van der Waals surface area contributed by atoms with Gasteiger partial charge in [0.05, 0.1) is 20.6 Å². The number of hydrogen-bond donors (Lipinski definition) is 2. The van der Waals surface area contributed by atoms with Gasteiger partial charge in [0, 0.05) is 0 Å². The first-order valence-corrected chi connectivity index (χ1v) is 5.77. The van der Waals surface area contributed by atoms with Gasteiger partial charge in [0.25, 0.3) is 5.91 Å². The van der Waals surface area contributed by atoms with E-state index in [1.54, 1.807) is 24.3 Å². The van der Waals surface area contributed by atoms with Gasteiger partial charge in [-0.05, 0) is 24.3 Å². The highest BCUT2D eigenvalue weighted by Gasteiger charge is 2.09. The molecule has 0 saturated heterocycles. The molecule has 1 amide bonds. The maximum Gasteiger partial charge on any atom is 0.265 e. The monoisotopic (exact) mass is 252 g/mol. The summed E-state index contributed by atoms with van der Waals surface area (Å²) in [5, 5.41) is 2.73. The second-order valence-electron chi connectivity index (χ2n) is 3.15. The highest BCUT2D eigenvalue weighted by Crippen LogP contribution is 2.23. The van der Waals surface area contributed by atoms with Gasteiger partial charge in [-0.1, -0.05) is 23.7 Å². The van der Waals surface area contributed by atoms with Crippen molar-refractivity contribution in [2.75, 3.05) is 11.1 Å². The molecule has 0 aliphatic rings.